The van der Waals surface area contributed by atoms with Crippen LogP contribution >= 0.6 is 12.2 Å². The van der Waals surface area contributed by atoms with Gasteiger partial charge in [-0.25, -0.2) is 9.97 Å². The van der Waals surface area contributed by atoms with Crippen molar-refractivity contribution >= 4 is 23.2 Å². The molecule has 92 valence electrons. The maximum Gasteiger partial charge on any atom is 0.226 e. The van der Waals surface area contributed by atoms with Gasteiger partial charge in [-0.05, 0) is 25.8 Å². The minimum absolute atomic E-state index is 0.261. The quantitative estimate of drug-likeness (QED) is 0.745. The summed E-state index contributed by atoms with van der Waals surface area (Å²) in [6.07, 6.45) is 3.37. The van der Waals surface area contributed by atoms with Crippen LogP contribution in [-0.4, -0.2) is 38.8 Å². The Balaban J connectivity index is 2.22. The molecular formula is C11H16N4OS. The van der Waals surface area contributed by atoms with Crippen LogP contribution in [0.15, 0.2) is 12.3 Å². The molecule has 0 radical (unpaired) electrons. The maximum absolute atomic E-state index is 10.0. The first-order valence-corrected chi connectivity index (χ1v) is 5.99. The van der Waals surface area contributed by atoms with Crippen molar-refractivity contribution in [1.29, 1.82) is 0 Å². The highest BCUT2D eigenvalue weighted by atomic mass is 32.1. The molecule has 0 saturated carbocycles. The SMILES string of the molecule is CC1(O)CCCN(c2nccc(C(N)=S)n2)C1. The Morgan fingerprint density at radius 2 is 2.41 bits per heavy atom. The Kier molecular flexibility index (Phi) is 3.26. The molecule has 1 atom stereocenters. The standard InChI is InChI=1S/C11H16N4OS/c1-11(16)4-2-6-15(7-11)10-13-5-3-8(14-10)9(12)17/h3,5,16H,2,4,6-7H2,1H3,(H2,12,17). The van der Waals surface area contributed by atoms with E-state index < -0.39 is 5.60 Å². The molecule has 2 heterocycles. The number of anilines is 1. The number of nitrogens with two attached hydrogens (primary N) is 1. The first-order valence-electron chi connectivity index (χ1n) is 5.58. The van der Waals surface area contributed by atoms with Crippen LogP contribution in [0.5, 0.6) is 0 Å². The van der Waals surface area contributed by atoms with E-state index >= 15 is 0 Å². The molecule has 1 aliphatic heterocycles. The third-order valence-corrected chi connectivity index (χ3v) is 3.06. The third-order valence-electron chi connectivity index (χ3n) is 2.85. The van der Waals surface area contributed by atoms with Crippen molar-refractivity contribution in [3.05, 3.63) is 18.0 Å². The van der Waals surface area contributed by atoms with Gasteiger partial charge in [0.1, 0.15) is 10.7 Å². The minimum Gasteiger partial charge on any atom is -0.388 e. The molecule has 2 rings (SSSR count). The van der Waals surface area contributed by atoms with Crippen LogP contribution in [0.3, 0.4) is 0 Å². The van der Waals surface area contributed by atoms with Crippen LogP contribution in [0.25, 0.3) is 0 Å². The smallest absolute Gasteiger partial charge is 0.226 e. The van der Waals surface area contributed by atoms with Gasteiger partial charge in [-0.2, -0.15) is 0 Å². The summed E-state index contributed by atoms with van der Waals surface area (Å²) < 4.78 is 0. The second-order valence-corrected chi connectivity index (χ2v) is 5.07. The van der Waals surface area contributed by atoms with Gasteiger partial charge in [-0.15, -0.1) is 0 Å². The molecular weight excluding hydrogens is 236 g/mol. The van der Waals surface area contributed by atoms with Crippen molar-refractivity contribution in [3.63, 3.8) is 0 Å². The van der Waals surface area contributed by atoms with E-state index in [1.165, 1.54) is 0 Å². The number of aromatic nitrogens is 2. The van der Waals surface area contributed by atoms with Gasteiger partial charge in [0, 0.05) is 19.3 Å². The van der Waals surface area contributed by atoms with Crippen molar-refractivity contribution in [3.8, 4) is 0 Å². The number of β-amino-alcohol motifs (C(OH)–C–C–N with tert-alkyl or cyclic N) is 1. The molecule has 3 N–H and O–H groups in total. The van der Waals surface area contributed by atoms with Crippen LogP contribution in [0, 0.1) is 0 Å². The summed E-state index contributed by atoms with van der Waals surface area (Å²) >= 11 is 4.89. The van der Waals surface area contributed by atoms with Crippen LogP contribution in [0.4, 0.5) is 5.95 Å². The van der Waals surface area contributed by atoms with E-state index in [0.717, 1.165) is 19.4 Å². The predicted molar refractivity (Wildman–Crippen MR) is 70.0 cm³/mol. The first kappa shape index (κ1) is 12.2. The zero-order valence-corrected chi connectivity index (χ0v) is 10.6. The number of thiocarbonyl (C=S) groups is 1. The highest BCUT2D eigenvalue weighted by Gasteiger charge is 2.29. The van der Waals surface area contributed by atoms with E-state index in [1.54, 1.807) is 12.3 Å². The fourth-order valence-electron chi connectivity index (χ4n) is 2.03. The summed E-state index contributed by atoms with van der Waals surface area (Å²) in [4.78, 5) is 10.7. The lowest BCUT2D eigenvalue weighted by Crippen LogP contribution is -2.46. The molecule has 1 aromatic heterocycles. The average Bonchev–Trinajstić information content (AvgIpc) is 2.28. The van der Waals surface area contributed by atoms with E-state index in [2.05, 4.69) is 9.97 Å². The largest absolute Gasteiger partial charge is 0.388 e. The lowest BCUT2D eigenvalue weighted by molar-refractivity contribution is 0.0444. The summed E-state index contributed by atoms with van der Waals surface area (Å²) in [6, 6.07) is 1.69. The molecule has 1 aliphatic rings. The number of hydrogen-bond donors (Lipinski definition) is 2. The lowest BCUT2D eigenvalue weighted by atomic mass is 9.95. The fraction of sp³-hybridized carbons (Fsp3) is 0.545. The molecule has 0 aliphatic carbocycles. The Morgan fingerprint density at radius 3 is 3.06 bits per heavy atom. The Hall–Kier alpha value is -1.27. The maximum atomic E-state index is 10.0. The predicted octanol–water partition coefficient (Wildman–Crippen LogP) is 0.462. The number of rotatable bonds is 2. The number of nitrogens with zero attached hydrogens (tertiary/aromatic N) is 3. The fourth-order valence-corrected chi connectivity index (χ4v) is 2.14. The first-order chi connectivity index (χ1) is 7.98. The van der Waals surface area contributed by atoms with Gasteiger partial charge in [0.2, 0.25) is 5.95 Å². The van der Waals surface area contributed by atoms with Gasteiger partial charge in [-0.3, -0.25) is 0 Å². The second kappa shape index (κ2) is 4.54. The van der Waals surface area contributed by atoms with E-state index in [1.807, 2.05) is 11.8 Å². The lowest BCUT2D eigenvalue weighted by Gasteiger charge is -2.36. The summed E-state index contributed by atoms with van der Waals surface area (Å²) in [5, 5.41) is 10.0. The van der Waals surface area contributed by atoms with E-state index in [-0.39, 0.29) is 4.99 Å². The monoisotopic (exact) mass is 252 g/mol. The van der Waals surface area contributed by atoms with Crippen molar-refractivity contribution in [2.24, 2.45) is 5.73 Å². The number of aliphatic hydroxyl groups is 1. The third kappa shape index (κ3) is 2.89. The molecule has 0 aromatic carbocycles. The molecule has 1 aromatic rings. The Morgan fingerprint density at radius 1 is 1.65 bits per heavy atom. The molecule has 5 nitrogen and oxygen atoms in total. The van der Waals surface area contributed by atoms with E-state index in [9.17, 15) is 5.11 Å². The Bertz CT molecular complexity index is 435. The van der Waals surface area contributed by atoms with Crippen LogP contribution in [0.1, 0.15) is 25.5 Å². The van der Waals surface area contributed by atoms with Crippen LogP contribution < -0.4 is 10.6 Å². The van der Waals surface area contributed by atoms with Gasteiger partial charge < -0.3 is 15.7 Å². The highest BCUT2D eigenvalue weighted by molar-refractivity contribution is 7.80. The van der Waals surface area contributed by atoms with Crippen molar-refractivity contribution in [2.45, 2.75) is 25.4 Å². The number of hydrogen-bond acceptors (Lipinski definition) is 5. The highest BCUT2D eigenvalue weighted by Crippen LogP contribution is 2.23. The van der Waals surface area contributed by atoms with Crippen molar-refractivity contribution < 1.29 is 5.11 Å². The van der Waals surface area contributed by atoms with Gasteiger partial charge in [0.15, 0.2) is 0 Å². The van der Waals surface area contributed by atoms with Crippen molar-refractivity contribution in [2.75, 3.05) is 18.0 Å². The molecule has 1 fully saturated rings. The summed E-state index contributed by atoms with van der Waals surface area (Å²) in [7, 11) is 0. The van der Waals surface area contributed by atoms with Crippen molar-refractivity contribution in [1.82, 2.24) is 9.97 Å². The van der Waals surface area contributed by atoms with Gasteiger partial charge in [0.25, 0.3) is 0 Å². The molecule has 1 unspecified atom stereocenters. The molecule has 0 bridgehead atoms. The molecule has 0 amide bonds. The minimum atomic E-state index is -0.680. The Labute approximate surface area is 106 Å². The zero-order chi connectivity index (χ0) is 12.5. The zero-order valence-electron chi connectivity index (χ0n) is 9.76. The summed E-state index contributed by atoms with van der Waals surface area (Å²) in [5.41, 5.74) is 5.42. The van der Waals surface area contributed by atoms with Gasteiger partial charge in [-0.1, -0.05) is 12.2 Å². The van der Waals surface area contributed by atoms with E-state index in [4.69, 9.17) is 18.0 Å². The summed E-state index contributed by atoms with van der Waals surface area (Å²) in [5.74, 6) is 0.579. The topological polar surface area (TPSA) is 75.3 Å². The normalized spacial score (nSPS) is 24.7. The van der Waals surface area contributed by atoms with Gasteiger partial charge >= 0.3 is 0 Å². The molecule has 6 heteroatoms. The summed E-state index contributed by atoms with van der Waals surface area (Å²) in [6.45, 7) is 3.21. The van der Waals surface area contributed by atoms with Crippen LogP contribution in [0.2, 0.25) is 0 Å². The second-order valence-electron chi connectivity index (χ2n) is 4.63. The van der Waals surface area contributed by atoms with Gasteiger partial charge in [0.05, 0.1) is 5.60 Å². The molecule has 1 saturated heterocycles. The number of piperidine rings is 1. The van der Waals surface area contributed by atoms with Crippen LogP contribution in [-0.2, 0) is 0 Å². The molecule has 0 spiro atoms. The average molecular weight is 252 g/mol. The molecule has 17 heavy (non-hydrogen) atoms. The van der Waals surface area contributed by atoms with E-state index in [0.29, 0.717) is 18.2 Å².